The zero-order chi connectivity index (χ0) is 14.8. The smallest absolute Gasteiger partial charge is 0.0558 e. The molecular weight excluding hydrogens is 252 g/mol. The van der Waals surface area contributed by atoms with Crippen LogP contribution in [0.1, 0.15) is 25.0 Å². The Kier molecular flexibility index (Phi) is 8.46. The minimum absolute atomic E-state index is 0.207. The highest BCUT2D eigenvalue weighted by atomic mass is 16.3. The standard InChI is InChI=1S/C16H28N2O2/c1-3-17(9-11-19)13-15-5-7-16(8-6-15)14-18(4-2)10-12-20/h5-8,19-20H,3-4,9-14H2,1-2H3. The first-order chi connectivity index (χ1) is 9.73. The van der Waals surface area contributed by atoms with E-state index in [4.69, 9.17) is 10.2 Å². The molecule has 0 spiro atoms. The van der Waals surface area contributed by atoms with E-state index in [9.17, 15) is 0 Å². The number of nitrogens with zero attached hydrogens (tertiary/aromatic N) is 2. The van der Waals surface area contributed by atoms with Crippen LogP contribution in [0.4, 0.5) is 0 Å². The maximum atomic E-state index is 9.00. The van der Waals surface area contributed by atoms with Gasteiger partial charge in [0.2, 0.25) is 0 Å². The second-order valence-electron chi connectivity index (χ2n) is 5.00. The summed E-state index contributed by atoms with van der Waals surface area (Å²) in [6.07, 6.45) is 0. The summed E-state index contributed by atoms with van der Waals surface area (Å²) >= 11 is 0. The van der Waals surface area contributed by atoms with Crippen LogP contribution in [-0.4, -0.2) is 59.4 Å². The minimum Gasteiger partial charge on any atom is -0.395 e. The van der Waals surface area contributed by atoms with Crippen LogP contribution in [0.25, 0.3) is 0 Å². The van der Waals surface area contributed by atoms with Crippen LogP contribution in [0.5, 0.6) is 0 Å². The summed E-state index contributed by atoms with van der Waals surface area (Å²) in [6, 6.07) is 8.62. The minimum atomic E-state index is 0.207. The Hall–Kier alpha value is -0.940. The van der Waals surface area contributed by atoms with Gasteiger partial charge in [0.15, 0.2) is 0 Å². The predicted molar refractivity (Wildman–Crippen MR) is 82.5 cm³/mol. The van der Waals surface area contributed by atoms with Gasteiger partial charge in [0.25, 0.3) is 0 Å². The van der Waals surface area contributed by atoms with Crippen molar-refractivity contribution >= 4 is 0 Å². The lowest BCUT2D eigenvalue weighted by Gasteiger charge is -2.21. The quantitative estimate of drug-likeness (QED) is 0.678. The van der Waals surface area contributed by atoms with Gasteiger partial charge in [-0.3, -0.25) is 9.80 Å². The molecule has 0 atom stereocenters. The van der Waals surface area contributed by atoms with E-state index in [1.165, 1.54) is 11.1 Å². The lowest BCUT2D eigenvalue weighted by molar-refractivity contribution is 0.195. The lowest BCUT2D eigenvalue weighted by Crippen LogP contribution is -2.26. The highest BCUT2D eigenvalue weighted by molar-refractivity contribution is 5.22. The molecule has 0 fully saturated rings. The molecule has 20 heavy (non-hydrogen) atoms. The Labute approximate surface area is 122 Å². The van der Waals surface area contributed by atoms with Crippen molar-refractivity contribution in [1.29, 1.82) is 0 Å². The third-order valence-electron chi connectivity index (χ3n) is 3.56. The summed E-state index contributed by atoms with van der Waals surface area (Å²) in [7, 11) is 0. The van der Waals surface area contributed by atoms with Gasteiger partial charge in [-0.05, 0) is 24.2 Å². The maximum absolute atomic E-state index is 9.00. The van der Waals surface area contributed by atoms with Gasteiger partial charge < -0.3 is 10.2 Å². The average molecular weight is 280 g/mol. The number of hydrogen-bond acceptors (Lipinski definition) is 4. The van der Waals surface area contributed by atoms with Crippen LogP contribution in [0, 0.1) is 0 Å². The first kappa shape index (κ1) is 17.1. The summed E-state index contributed by atoms with van der Waals surface area (Å²) in [5, 5.41) is 18.0. The second kappa shape index (κ2) is 9.88. The normalized spacial score (nSPS) is 11.5. The van der Waals surface area contributed by atoms with Crippen LogP contribution in [0.2, 0.25) is 0 Å². The molecule has 0 saturated carbocycles. The van der Waals surface area contributed by atoms with E-state index in [-0.39, 0.29) is 13.2 Å². The third-order valence-corrected chi connectivity index (χ3v) is 3.56. The first-order valence-electron chi connectivity index (χ1n) is 7.47. The largest absolute Gasteiger partial charge is 0.395 e. The third kappa shape index (κ3) is 6.01. The fraction of sp³-hybridized carbons (Fsp3) is 0.625. The molecule has 2 N–H and O–H groups in total. The van der Waals surface area contributed by atoms with Crippen molar-refractivity contribution in [2.75, 3.05) is 39.4 Å². The number of likely N-dealkylation sites (N-methyl/N-ethyl adjacent to an activating group) is 2. The molecule has 0 saturated heterocycles. The summed E-state index contributed by atoms with van der Waals surface area (Å²) in [6.45, 7) is 9.73. The van der Waals surface area contributed by atoms with Gasteiger partial charge in [-0.2, -0.15) is 0 Å². The molecule has 1 rings (SSSR count). The molecule has 0 aliphatic rings. The highest BCUT2D eigenvalue weighted by Crippen LogP contribution is 2.09. The molecule has 4 heteroatoms. The van der Waals surface area contributed by atoms with Crippen molar-refractivity contribution < 1.29 is 10.2 Å². The summed E-state index contributed by atoms with van der Waals surface area (Å²) < 4.78 is 0. The van der Waals surface area contributed by atoms with E-state index < -0.39 is 0 Å². The molecule has 0 aromatic heterocycles. The van der Waals surface area contributed by atoms with Gasteiger partial charge in [-0.25, -0.2) is 0 Å². The molecule has 0 heterocycles. The molecule has 0 amide bonds. The molecule has 1 aromatic rings. The predicted octanol–water partition coefficient (Wildman–Crippen LogP) is 1.31. The van der Waals surface area contributed by atoms with E-state index in [2.05, 4.69) is 47.9 Å². The molecule has 0 bridgehead atoms. The zero-order valence-corrected chi connectivity index (χ0v) is 12.8. The number of aliphatic hydroxyl groups excluding tert-OH is 2. The van der Waals surface area contributed by atoms with E-state index in [1.54, 1.807) is 0 Å². The molecule has 0 aliphatic carbocycles. The lowest BCUT2D eigenvalue weighted by atomic mass is 10.1. The average Bonchev–Trinajstić information content (AvgIpc) is 2.48. The van der Waals surface area contributed by atoms with E-state index in [0.717, 1.165) is 39.3 Å². The number of rotatable bonds is 10. The molecule has 1 aromatic carbocycles. The van der Waals surface area contributed by atoms with Crippen LogP contribution >= 0.6 is 0 Å². The summed E-state index contributed by atoms with van der Waals surface area (Å²) in [4.78, 5) is 4.44. The fourth-order valence-electron chi connectivity index (χ4n) is 2.25. The Morgan fingerprint density at radius 2 is 1.10 bits per heavy atom. The van der Waals surface area contributed by atoms with Crippen LogP contribution in [-0.2, 0) is 13.1 Å². The van der Waals surface area contributed by atoms with Gasteiger partial charge >= 0.3 is 0 Å². The Bertz CT molecular complexity index is 319. The van der Waals surface area contributed by atoms with Crippen molar-refractivity contribution in [3.05, 3.63) is 35.4 Å². The van der Waals surface area contributed by atoms with Crippen LogP contribution < -0.4 is 0 Å². The first-order valence-corrected chi connectivity index (χ1v) is 7.47. The van der Waals surface area contributed by atoms with Gasteiger partial charge in [0, 0.05) is 26.2 Å². The van der Waals surface area contributed by atoms with Gasteiger partial charge in [-0.15, -0.1) is 0 Å². The highest BCUT2D eigenvalue weighted by Gasteiger charge is 2.05. The number of hydrogen-bond donors (Lipinski definition) is 2. The molecule has 0 aliphatic heterocycles. The van der Waals surface area contributed by atoms with E-state index in [0.29, 0.717) is 0 Å². The van der Waals surface area contributed by atoms with E-state index >= 15 is 0 Å². The number of benzene rings is 1. The number of aliphatic hydroxyl groups is 2. The van der Waals surface area contributed by atoms with Crippen molar-refractivity contribution in [2.45, 2.75) is 26.9 Å². The Morgan fingerprint density at radius 1 is 0.750 bits per heavy atom. The van der Waals surface area contributed by atoms with Crippen molar-refractivity contribution in [1.82, 2.24) is 9.80 Å². The molecular formula is C16H28N2O2. The van der Waals surface area contributed by atoms with Gasteiger partial charge in [0.1, 0.15) is 0 Å². The summed E-state index contributed by atoms with van der Waals surface area (Å²) in [5.41, 5.74) is 2.54. The van der Waals surface area contributed by atoms with Crippen LogP contribution in [0.3, 0.4) is 0 Å². The molecule has 0 unspecified atom stereocenters. The van der Waals surface area contributed by atoms with Crippen molar-refractivity contribution in [3.63, 3.8) is 0 Å². The maximum Gasteiger partial charge on any atom is 0.0558 e. The zero-order valence-electron chi connectivity index (χ0n) is 12.8. The second-order valence-corrected chi connectivity index (χ2v) is 5.00. The van der Waals surface area contributed by atoms with Crippen LogP contribution in [0.15, 0.2) is 24.3 Å². The van der Waals surface area contributed by atoms with Gasteiger partial charge in [0.05, 0.1) is 13.2 Å². The monoisotopic (exact) mass is 280 g/mol. The Morgan fingerprint density at radius 3 is 1.35 bits per heavy atom. The van der Waals surface area contributed by atoms with Crippen molar-refractivity contribution in [3.8, 4) is 0 Å². The SMILES string of the molecule is CCN(CCO)Cc1ccc(CN(CC)CCO)cc1. The molecule has 4 nitrogen and oxygen atoms in total. The molecule has 0 radical (unpaired) electrons. The Balaban J connectivity index is 2.54. The van der Waals surface area contributed by atoms with E-state index in [1.807, 2.05) is 0 Å². The van der Waals surface area contributed by atoms with Gasteiger partial charge in [-0.1, -0.05) is 38.1 Å². The van der Waals surface area contributed by atoms with Crippen molar-refractivity contribution in [2.24, 2.45) is 0 Å². The molecule has 114 valence electrons. The topological polar surface area (TPSA) is 46.9 Å². The summed E-state index contributed by atoms with van der Waals surface area (Å²) in [5.74, 6) is 0. The fourth-order valence-corrected chi connectivity index (χ4v) is 2.25.